The van der Waals surface area contributed by atoms with E-state index in [0.29, 0.717) is 31.2 Å². The highest BCUT2D eigenvalue weighted by Crippen LogP contribution is 2.46. The van der Waals surface area contributed by atoms with Crippen LogP contribution in [0, 0.1) is 0 Å². The van der Waals surface area contributed by atoms with Gasteiger partial charge >= 0.3 is 10.1 Å². The van der Waals surface area contributed by atoms with Gasteiger partial charge in [-0.3, -0.25) is 4.90 Å². The van der Waals surface area contributed by atoms with Crippen LogP contribution >= 0.6 is 0 Å². The quantitative estimate of drug-likeness (QED) is 0.189. The lowest BCUT2D eigenvalue weighted by molar-refractivity contribution is 0.158. The molecular formula is C36H37NO6S. The first-order chi connectivity index (χ1) is 21.4. The van der Waals surface area contributed by atoms with Gasteiger partial charge in [0, 0.05) is 24.7 Å². The molecule has 7 rings (SSSR count). The molecule has 0 N–H and O–H groups in total. The van der Waals surface area contributed by atoms with Crippen LogP contribution in [0.3, 0.4) is 0 Å². The van der Waals surface area contributed by atoms with Gasteiger partial charge in [-0.1, -0.05) is 55.0 Å². The van der Waals surface area contributed by atoms with E-state index in [0.717, 1.165) is 35.6 Å². The van der Waals surface area contributed by atoms with Gasteiger partial charge in [0.25, 0.3) is 0 Å². The second-order valence-corrected chi connectivity index (χ2v) is 13.4. The van der Waals surface area contributed by atoms with Crippen molar-refractivity contribution in [3.8, 4) is 23.0 Å². The molecule has 1 aliphatic carbocycles. The molecule has 7 nitrogen and oxygen atoms in total. The van der Waals surface area contributed by atoms with Gasteiger partial charge in [0.05, 0.1) is 14.2 Å². The third kappa shape index (κ3) is 5.41. The molecule has 4 aromatic carbocycles. The number of methoxy groups -OCH3 is 2. The minimum Gasteiger partial charge on any atom is -0.493 e. The summed E-state index contributed by atoms with van der Waals surface area (Å²) in [6, 6.07) is 25.2. The first-order valence-electron chi connectivity index (χ1n) is 15.3. The molecule has 0 amide bonds. The summed E-state index contributed by atoms with van der Waals surface area (Å²) in [5, 5.41) is 0. The lowest BCUT2D eigenvalue weighted by atomic mass is 9.80. The summed E-state index contributed by atoms with van der Waals surface area (Å²) in [6.45, 7) is 1.87. The SMILES string of the molecule is COc1cc2c(cc1OCc1cccc(C3CCC3)c1)CCN1Cc3c(ccc(OC)c3OS(=O)(=O)c3ccccc3)CC21. The van der Waals surface area contributed by atoms with Crippen LogP contribution in [0.2, 0.25) is 0 Å². The average molecular weight is 612 g/mol. The van der Waals surface area contributed by atoms with E-state index < -0.39 is 10.1 Å². The third-order valence-corrected chi connectivity index (χ3v) is 10.6. The van der Waals surface area contributed by atoms with E-state index in [1.165, 1.54) is 60.8 Å². The van der Waals surface area contributed by atoms with Gasteiger partial charge < -0.3 is 18.4 Å². The van der Waals surface area contributed by atoms with Gasteiger partial charge in [-0.15, -0.1) is 0 Å². The van der Waals surface area contributed by atoms with Crippen molar-refractivity contribution in [3.63, 3.8) is 0 Å². The molecule has 0 spiro atoms. The first-order valence-corrected chi connectivity index (χ1v) is 16.7. The summed E-state index contributed by atoms with van der Waals surface area (Å²) in [7, 11) is -0.814. The Morgan fingerprint density at radius 1 is 0.841 bits per heavy atom. The predicted octanol–water partition coefficient (Wildman–Crippen LogP) is 6.97. The van der Waals surface area contributed by atoms with E-state index >= 15 is 0 Å². The number of nitrogens with zero attached hydrogens (tertiary/aromatic N) is 1. The first kappa shape index (κ1) is 28.7. The monoisotopic (exact) mass is 611 g/mol. The zero-order chi connectivity index (χ0) is 30.3. The van der Waals surface area contributed by atoms with Crippen molar-refractivity contribution in [2.45, 2.75) is 62.1 Å². The van der Waals surface area contributed by atoms with Crippen LogP contribution in [0.15, 0.2) is 83.8 Å². The fourth-order valence-corrected chi connectivity index (χ4v) is 7.71. The van der Waals surface area contributed by atoms with Gasteiger partial charge in [0.15, 0.2) is 23.0 Å². The van der Waals surface area contributed by atoms with Gasteiger partial charge in [-0.25, -0.2) is 0 Å². The maximum absolute atomic E-state index is 13.2. The Morgan fingerprint density at radius 2 is 1.66 bits per heavy atom. The topological polar surface area (TPSA) is 74.3 Å². The Labute approximate surface area is 259 Å². The van der Waals surface area contributed by atoms with Crippen LogP contribution in [0.5, 0.6) is 23.0 Å². The van der Waals surface area contributed by atoms with E-state index in [9.17, 15) is 8.42 Å². The van der Waals surface area contributed by atoms with E-state index in [1.54, 1.807) is 31.4 Å². The Kier molecular flexibility index (Phi) is 7.72. The van der Waals surface area contributed by atoms with Crippen molar-refractivity contribution in [2.24, 2.45) is 0 Å². The van der Waals surface area contributed by atoms with Crippen molar-refractivity contribution < 1.29 is 26.8 Å². The highest BCUT2D eigenvalue weighted by Gasteiger charge is 2.36. The number of ether oxygens (including phenoxy) is 3. The Balaban J connectivity index is 1.15. The van der Waals surface area contributed by atoms with Gasteiger partial charge in [-0.2, -0.15) is 8.42 Å². The molecule has 4 aromatic rings. The predicted molar refractivity (Wildman–Crippen MR) is 168 cm³/mol. The van der Waals surface area contributed by atoms with Crippen molar-refractivity contribution in [2.75, 3.05) is 20.8 Å². The zero-order valence-corrected chi connectivity index (χ0v) is 25.9. The zero-order valence-electron chi connectivity index (χ0n) is 25.1. The standard InChI is InChI=1S/C36H37NO6S/c1-40-33-15-14-27-19-32-30-21-34(41-2)35(42-23-24-8-6-11-26(18-24)25-9-7-10-25)20-28(30)16-17-37(32)22-31(27)36(33)43-44(38,39)29-12-4-3-5-13-29/h3-6,8,11-15,18,20-21,25,32H,7,9-10,16-17,19,22-23H2,1-2H3. The molecule has 1 fully saturated rings. The van der Waals surface area contributed by atoms with Crippen molar-refractivity contribution in [3.05, 3.63) is 112 Å². The van der Waals surface area contributed by atoms with Crippen LogP contribution in [-0.4, -0.2) is 34.1 Å². The summed E-state index contributed by atoms with van der Waals surface area (Å²) in [4.78, 5) is 2.49. The second-order valence-electron chi connectivity index (χ2n) is 11.9. The second kappa shape index (κ2) is 11.8. The molecule has 0 aromatic heterocycles. The van der Waals surface area contributed by atoms with Crippen LogP contribution in [0.4, 0.5) is 0 Å². The minimum absolute atomic E-state index is 0.108. The molecule has 0 saturated heterocycles. The smallest absolute Gasteiger partial charge is 0.339 e. The molecule has 2 heterocycles. The summed E-state index contributed by atoms with van der Waals surface area (Å²) in [6.07, 6.45) is 5.44. The van der Waals surface area contributed by atoms with E-state index in [-0.39, 0.29) is 16.7 Å². The molecule has 0 bridgehead atoms. The Bertz CT molecular complexity index is 1780. The number of benzene rings is 4. The Morgan fingerprint density at radius 3 is 2.41 bits per heavy atom. The number of hydrogen-bond acceptors (Lipinski definition) is 7. The van der Waals surface area contributed by atoms with Crippen molar-refractivity contribution in [1.29, 1.82) is 0 Å². The van der Waals surface area contributed by atoms with Crippen molar-refractivity contribution >= 4 is 10.1 Å². The maximum atomic E-state index is 13.2. The van der Waals surface area contributed by atoms with E-state index in [4.69, 9.17) is 18.4 Å². The summed E-state index contributed by atoms with van der Waals surface area (Å²) in [5.41, 5.74) is 6.95. The number of rotatable bonds is 9. The lowest BCUT2D eigenvalue weighted by Gasteiger charge is -2.42. The average Bonchev–Trinajstić information content (AvgIpc) is 3.02. The molecule has 44 heavy (non-hydrogen) atoms. The molecule has 2 aliphatic heterocycles. The summed E-state index contributed by atoms with van der Waals surface area (Å²) in [5.74, 6) is 2.84. The molecule has 3 aliphatic rings. The molecule has 1 unspecified atom stereocenters. The number of hydrogen-bond donors (Lipinski definition) is 0. The van der Waals surface area contributed by atoms with Crippen LogP contribution < -0.4 is 18.4 Å². The third-order valence-electron chi connectivity index (χ3n) is 9.36. The highest BCUT2D eigenvalue weighted by atomic mass is 32.2. The Hall–Kier alpha value is -4.01. The summed E-state index contributed by atoms with van der Waals surface area (Å²) >= 11 is 0. The molecule has 228 valence electrons. The molecular weight excluding hydrogens is 574 g/mol. The molecule has 1 saturated carbocycles. The normalized spacial score (nSPS) is 17.9. The van der Waals surface area contributed by atoms with Gasteiger partial charge in [0.1, 0.15) is 11.5 Å². The van der Waals surface area contributed by atoms with Crippen LogP contribution in [0.1, 0.15) is 64.6 Å². The molecule has 8 heteroatoms. The van der Waals surface area contributed by atoms with Gasteiger partial charge in [0.2, 0.25) is 0 Å². The minimum atomic E-state index is -4.03. The molecule has 1 atom stereocenters. The maximum Gasteiger partial charge on any atom is 0.339 e. The fraction of sp³-hybridized carbons (Fsp3) is 0.333. The van der Waals surface area contributed by atoms with E-state index in [2.05, 4.69) is 41.3 Å². The van der Waals surface area contributed by atoms with Gasteiger partial charge in [-0.05, 0) is 89.8 Å². The van der Waals surface area contributed by atoms with E-state index in [1.807, 2.05) is 6.07 Å². The number of fused-ring (bicyclic) bond motifs is 4. The van der Waals surface area contributed by atoms with Crippen LogP contribution in [-0.2, 0) is 36.1 Å². The highest BCUT2D eigenvalue weighted by molar-refractivity contribution is 7.87. The molecule has 0 radical (unpaired) electrons. The van der Waals surface area contributed by atoms with Crippen molar-refractivity contribution in [1.82, 2.24) is 4.90 Å². The largest absolute Gasteiger partial charge is 0.493 e. The fourth-order valence-electron chi connectivity index (χ4n) is 6.72. The lowest BCUT2D eigenvalue weighted by Crippen LogP contribution is -2.39. The summed E-state index contributed by atoms with van der Waals surface area (Å²) < 4.78 is 49.9. The van der Waals surface area contributed by atoms with Crippen LogP contribution in [0.25, 0.3) is 0 Å².